The maximum Gasteiger partial charge on any atom is 0.234 e. The standard InChI is InChI=1S/C11H12F2N2OS/c1-2-7(10(14)17)11(16)15-6-3-4-8(12)9(13)5-6/h3-5,7H,2H2,1H3,(H2,14,17)(H,15,16). The molecule has 1 aromatic rings. The Morgan fingerprint density at radius 2 is 2.12 bits per heavy atom. The van der Waals surface area contributed by atoms with Gasteiger partial charge in [-0.25, -0.2) is 8.78 Å². The summed E-state index contributed by atoms with van der Waals surface area (Å²) in [5.74, 6) is -3.03. The smallest absolute Gasteiger partial charge is 0.234 e. The molecule has 0 aliphatic heterocycles. The number of carbonyl (C=O) groups is 1. The molecule has 1 unspecified atom stereocenters. The van der Waals surface area contributed by atoms with E-state index in [1.165, 1.54) is 6.07 Å². The van der Waals surface area contributed by atoms with Crippen molar-refractivity contribution in [2.75, 3.05) is 5.32 Å². The molecular formula is C11H12F2N2OS. The fraction of sp³-hybridized carbons (Fsp3) is 0.273. The summed E-state index contributed by atoms with van der Waals surface area (Å²) in [4.78, 5) is 11.8. The number of nitrogens with two attached hydrogens (primary N) is 1. The van der Waals surface area contributed by atoms with E-state index >= 15 is 0 Å². The van der Waals surface area contributed by atoms with Crippen LogP contribution in [0.25, 0.3) is 0 Å². The lowest BCUT2D eigenvalue weighted by molar-refractivity contribution is -0.118. The minimum Gasteiger partial charge on any atom is -0.393 e. The molecule has 1 amide bonds. The summed E-state index contributed by atoms with van der Waals surface area (Å²) < 4.78 is 25.6. The van der Waals surface area contributed by atoms with E-state index in [2.05, 4.69) is 5.32 Å². The van der Waals surface area contributed by atoms with Crippen LogP contribution >= 0.6 is 12.2 Å². The predicted molar refractivity (Wildman–Crippen MR) is 65.6 cm³/mol. The van der Waals surface area contributed by atoms with Crippen molar-refractivity contribution in [1.29, 1.82) is 0 Å². The molecule has 17 heavy (non-hydrogen) atoms. The van der Waals surface area contributed by atoms with Crippen LogP contribution in [0.15, 0.2) is 18.2 Å². The second-order valence-corrected chi connectivity index (χ2v) is 3.95. The quantitative estimate of drug-likeness (QED) is 0.814. The zero-order valence-electron chi connectivity index (χ0n) is 9.17. The summed E-state index contributed by atoms with van der Waals surface area (Å²) in [6.07, 6.45) is 0.449. The molecule has 0 saturated carbocycles. The van der Waals surface area contributed by atoms with Crippen molar-refractivity contribution in [3.63, 3.8) is 0 Å². The number of nitrogens with one attached hydrogen (secondary N) is 1. The second-order valence-electron chi connectivity index (χ2n) is 3.48. The molecule has 0 saturated heterocycles. The van der Waals surface area contributed by atoms with E-state index in [0.717, 1.165) is 12.1 Å². The van der Waals surface area contributed by atoms with Gasteiger partial charge in [0.15, 0.2) is 11.6 Å². The first kappa shape index (κ1) is 13.5. The molecule has 6 heteroatoms. The lowest BCUT2D eigenvalue weighted by Gasteiger charge is -2.13. The highest BCUT2D eigenvalue weighted by atomic mass is 32.1. The van der Waals surface area contributed by atoms with Crippen LogP contribution in [0.4, 0.5) is 14.5 Å². The van der Waals surface area contributed by atoms with Crippen LogP contribution in [0.5, 0.6) is 0 Å². The van der Waals surface area contributed by atoms with Gasteiger partial charge in [0, 0.05) is 11.8 Å². The number of rotatable bonds is 4. The van der Waals surface area contributed by atoms with Gasteiger partial charge < -0.3 is 11.1 Å². The fourth-order valence-corrected chi connectivity index (χ4v) is 1.59. The van der Waals surface area contributed by atoms with Crippen molar-refractivity contribution in [1.82, 2.24) is 0 Å². The largest absolute Gasteiger partial charge is 0.393 e. The van der Waals surface area contributed by atoms with E-state index in [1.807, 2.05) is 0 Å². The first-order valence-electron chi connectivity index (χ1n) is 5.01. The Morgan fingerprint density at radius 1 is 1.47 bits per heavy atom. The molecule has 0 aromatic heterocycles. The molecule has 0 fully saturated rings. The van der Waals surface area contributed by atoms with Crippen LogP contribution in [0.3, 0.4) is 0 Å². The Morgan fingerprint density at radius 3 is 2.59 bits per heavy atom. The van der Waals surface area contributed by atoms with E-state index in [9.17, 15) is 13.6 Å². The average molecular weight is 258 g/mol. The molecule has 1 atom stereocenters. The van der Waals surface area contributed by atoms with Crippen LogP contribution in [0.1, 0.15) is 13.3 Å². The summed E-state index contributed by atoms with van der Waals surface area (Å²) in [5, 5.41) is 2.43. The number of benzene rings is 1. The molecule has 1 aromatic carbocycles. The molecule has 0 aliphatic carbocycles. The van der Waals surface area contributed by atoms with E-state index in [-0.39, 0.29) is 10.7 Å². The predicted octanol–water partition coefficient (Wildman–Crippen LogP) is 2.22. The van der Waals surface area contributed by atoms with Crippen molar-refractivity contribution in [2.24, 2.45) is 11.7 Å². The average Bonchev–Trinajstić information content (AvgIpc) is 2.24. The van der Waals surface area contributed by atoms with Crippen LogP contribution < -0.4 is 11.1 Å². The van der Waals surface area contributed by atoms with Crippen LogP contribution in [-0.4, -0.2) is 10.9 Å². The Bertz CT molecular complexity index is 451. The Labute approximate surface area is 103 Å². The normalized spacial score (nSPS) is 11.9. The monoisotopic (exact) mass is 258 g/mol. The molecule has 0 bridgehead atoms. The van der Waals surface area contributed by atoms with Gasteiger partial charge in [0.1, 0.15) is 0 Å². The van der Waals surface area contributed by atoms with Crippen LogP contribution in [0.2, 0.25) is 0 Å². The van der Waals surface area contributed by atoms with Gasteiger partial charge >= 0.3 is 0 Å². The summed E-state index contributed by atoms with van der Waals surface area (Å²) in [6, 6.07) is 3.11. The van der Waals surface area contributed by atoms with Gasteiger partial charge in [0.25, 0.3) is 0 Å². The third-order valence-corrected chi connectivity index (χ3v) is 2.54. The Hall–Kier alpha value is -1.56. The van der Waals surface area contributed by atoms with Gasteiger partial charge in [-0.3, -0.25) is 4.79 Å². The Balaban J connectivity index is 2.80. The zero-order chi connectivity index (χ0) is 13.0. The number of amides is 1. The van der Waals surface area contributed by atoms with E-state index in [4.69, 9.17) is 18.0 Å². The first-order valence-corrected chi connectivity index (χ1v) is 5.41. The van der Waals surface area contributed by atoms with E-state index in [0.29, 0.717) is 6.42 Å². The molecule has 0 heterocycles. The van der Waals surface area contributed by atoms with Gasteiger partial charge in [-0.2, -0.15) is 0 Å². The van der Waals surface area contributed by atoms with Gasteiger partial charge in [0.05, 0.1) is 10.9 Å². The first-order chi connectivity index (χ1) is 7.95. The number of carbonyl (C=O) groups excluding carboxylic acids is 1. The summed E-state index contributed by atoms with van der Waals surface area (Å²) >= 11 is 4.74. The van der Waals surface area contributed by atoms with Crippen molar-refractivity contribution < 1.29 is 13.6 Å². The number of thiocarbonyl (C=S) groups is 1. The maximum absolute atomic E-state index is 12.9. The number of anilines is 1. The van der Waals surface area contributed by atoms with Gasteiger partial charge in [-0.1, -0.05) is 19.1 Å². The van der Waals surface area contributed by atoms with Gasteiger partial charge in [-0.15, -0.1) is 0 Å². The number of hydrogen-bond donors (Lipinski definition) is 2. The van der Waals surface area contributed by atoms with Crippen LogP contribution in [0, 0.1) is 17.6 Å². The highest BCUT2D eigenvalue weighted by Gasteiger charge is 2.19. The molecule has 3 nitrogen and oxygen atoms in total. The molecule has 0 radical (unpaired) electrons. The Kier molecular flexibility index (Phi) is 4.51. The van der Waals surface area contributed by atoms with E-state index < -0.39 is 23.5 Å². The molecule has 0 spiro atoms. The third kappa shape index (κ3) is 3.45. The molecule has 0 aliphatic rings. The molecule has 1 rings (SSSR count). The molecule has 3 N–H and O–H groups in total. The number of halogens is 2. The van der Waals surface area contributed by atoms with Gasteiger partial charge in [-0.05, 0) is 18.6 Å². The topological polar surface area (TPSA) is 55.1 Å². The number of hydrogen-bond acceptors (Lipinski definition) is 2. The highest BCUT2D eigenvalue weighted by molar-refractivity contribution is 7.80. The molecular weight excluding hydrogens is 246 g/mol. The van der Waals surface area contributed by atoms with Crippen LogP contribution in [-0.2, 0) is 4.79 Å². The van der Waals surface area contributed by atoms with Gasteiger partial charge in [0.2, 0.25) is 5.91 Å². The second kappa shape index (κ2) is 5.67. The zero-order valence-corrected chi connectivity index (χ0v) is 9.98. The maximum atomic E-state index is 12.9. The summed E-state index contributed by atoms with van der Waals surface area (Å²) in [7, 11) is 0. The molecule has 92 valence electrons. The highest BCUT2D eigenvalue weighted by Crippen LogP contribution is 2.15. The minimum absolute atomic E-state index is 0.0765. The third-order valence-electron chi connectivity index (χ3n) is 2.26. The minimum atomic E-state index is -1.02. The fourth-order valence-electron chi connectivity index (χ4n) is 1.32. The van der Waals surface area contributed by atoms with E-state index in [1.54, 1.807) is 6.92 Å². The van der Waals surface area contributed by atoms with Crippen molar-refractivity contribution in [2.45, 2.75) is 13.3 Å². The van der Waals surface area contributed by atoms with Crippen molar-refractivity contribution in [3.05, 3.63) is 29.8 Å². The SMILES string of the molecule is CCC(C(=O)Nc1ccc(F)c(F)c1)C(N)=S. The van der Waals surface area contributed by atoms with Crippen molar-refractivity contribution >= 4 is 28.8 Å². The summed E-state index contributed by atoms with van der Waals surface area (Å²) in [5.41, 5.74) is 5.56. The van der Waals surface area contributed by atoms with Crippen molar-refractivity contribution in [3.8, 4) is 0 Å². The lowest BCUT2D eigenvalue weighted by atomic mass is 10.1. The summed E-state index contributed by atoms with van der Waals surface area (Å²) in [6.45, 7) is 1.76. The lowest BCUT2D eigenvalue weighted by Crippen LogP contribution is -2.32.